The molecule has 21 heavy (non-hydrogen) atoms. The van der Waals surface area contributed by atoms with Crippen LogP contribution in [0.25, 0.3) is 0 Å². The van der Waals surface area contributed by atoms with Crippen molar-refractivity contribution in [2.75, 3.05) is 20.6 Å². The fourth-order valence-electron chi connectivity index (χ4n) is 2.03. The maximum absolute atomic E-state index is 11.6. The summed E-state index contributed by atoms with van der Waals surface area (Å²) in [4.78, 5) is 13.8. The normalized spacial score (nSPS) is 13.1. The highest BCUT2D eigenvalue weighted by atomic mass is 35.5. The lowest BCUT2D eigenvalue weighted by Crippen LogP contribution is -2.34. The Labute approximate surface area is 132 Å². The van der Waals surface area contributed by atoms with Crippen LogP contribution in [0.5, 0.6) is 0 Å². The quantitative estimate of drug-likeness (QED) is 0.897. The molecule has 0 saturated carbocycles. The maximum atomic E-state index is 11.6. The molecule has 0 heterocycles. The second kappa shape index (κ2) is 7.66. The van der Waals surface area contributed by atoms with Gasteiger partial charge < -0.3 is 15.0 Å². The molecule has 0 aromatic heterocycles. The molecule has 0 fully saturated rings. The Bertz CT molecular complexity index is 452. The van der Waals surface area contributed by atoms with Crippen LogP contribution in [0.2, 0.25) is 5.02 Å². The number of ether oxygens (including phenoxy) is 1. The number of nitrogens with zero attached hydrogens (tertiary/aromatic N) is 1. The van der Waals surface area contributed by atoms with Crippen molar-refractivity contribution in [2.45, 2.75) is 38.8 Å². The number of carbonyl (C=O) groups is 1. The highest BCUT2D eigenvalue weighted by Crippen LogP contribution is 2.23. The van der Waals surface area contributed by atoms with E-state index in [9.17, 15) is 4.79 Å². The van der Waals surface area contributed by atoms with Crippen LogP contribution >= 0.6 is 11.6 Å². The number of halogens is 1. The molecular formula is C16H25ClN2O2. The van der Waals surface area contributed by atoms with Crippen LogP contribution in [0.4, 0.5) is 4.79 Å². The third-order valence-electron chi connectivity index (χ3n) is 2.96. The van der Waals surface area contributed by atoms with Crippen molar-refractivity contribution in [3.63, 3.8) is 0 Å². The predicted molar refractivity (Wildman–Crippen MR) is 86.7 cm³/mol. The number of carbonyl (C=O) groups excluding carboxylic acids is 1. The first-order chi connectivity index (χ1) is 9.69. The molecule has 5 heteroatoms. The van der Waals surface area contributed by atoms with Gasteiger partial charge in [0.05, 0.1) is 0 Å². The third kappa shape index (κ3) is 6.82. The minimum atomic E-state index is -0.471. The number of amides is 1. The van der Waals surface area contributed by atoms with Crippen molar-refractivity contribution in [1.82, 2.24) is 10.2 Å². The summed E-state index contributed by atoms with van der Waals surface area (Å²) in [5.41, 5.74) is 0.705. The predicted octanol–water partition coefficient (Wildman–Crippen LogP) is 3.86. The minimum Gasteiger partial charge on any atom is -0.444 e. The van der Waals surface area contributed by atoms with Crippen molar-refractivity contribution >= 4 is 17.7 Å². The second-order valence-corrected chi connectivity index (χ2v) is 6.68. The first kappa shape index (κ1) is 17.8. The summed E-state index contributed by atoms with van der Waals surface area (Å²) >= 11 is 5.92. The molecule has 1 aromatic rings. The van der Waals surface area contributed by atoms with E-state index in [2.05, 4.69) is 10.2 Å². The summed E-state index contributed by atoms with van der Waals surface area (Å²) in [5.74, 6) is 0. The maximum Gasteiger partial charge on any atom is 0.407 e. The molecule has 0 spiro atoms. The first-order valence-corrected chi connectivity index (χ1v) is 7.45. The van der Waals surface area contributed by atoms with Gasteiger partial charge in [0.2, 0.25) is 0 Å². The summed E-state index contributed by atoms with van der Waals surface area (Å²) in [6, 6.07) is 8.02. The van der Waals surface area contributed by atoms with Gasteiger partial charge in [0.25, 0.3) is 0 Å². The molecule has 0 aliphatic heterocycles. The average molecular weight is 313 g/mol. The summed E-state index contributed by atoms with van der Waals surface area (Å²) in [6.07, 6.45) is 0.421. The molecule has 0 aliphatic rings. The van der Waals surface area contributed by atoms with Gasteiger partial charge >= 0.3 is 6.09 Å². The fraction of sp³-hybridized carbons (Fsp3) is 0.562. The average Bonchev–Trinajstić information content (AvgIpc) is 2.33. The van der Waals surface area contributed by atoms with Crippen molar-refractivity contribution in [1.29, 1.82) is 0 Å². The zero-order valence-electron chi connectivity index (χ0n) is 13.4. The lowest BCUT2D eigenvalue weighted by Gasteiger charge is -2.25. The molecule has 1 aromatic carbocycles. The molecule has 1 amide bonds. The largest absolute Gasteiger partial charge is 0.444 e. The van der Waals surface area contributed by atoms with Crippen LogP contribution in [0, 0.1) is 0 Å². The summed E-state index contributed by atoms with van der Waals surface area (Å²) in [6.45, 7) is 6.11. The Morgan fingerprint density at radius 1 is 1.29 bits per heavy atom. The minimum absolute atomic E-state index is 0.220. The molecule has 0 aliphatic carbocycles. The third-order valence-corrected chi connectivity index (χ3v) is 3.22. The van der Waals surface area contributed by atoms with Gasteiger partial charge in [-0.25, -0.2) is 4.79 Å². The van der Waals surface area contributed by atoms with E-state index >= 15 is 0 Å². The van der Waals surface area contributed by atoms with Gasteiger partial charge in [0.1, 0.15) is 5.60 Å². The highest BCUT2D eigenvalue weighted by Gasteiger charge is 2.17. The van der Waals surface area contributed by atoms with E-state index < -0.39 is 5.60 Å². The van der Waals surface area contributed by atoms with Crippen LogP contribution < -0.4 is 5.32 Å². The van der Waals surface area contributed by atoms with Crippen LogP contribution in [0.1, 0.15) is 38.8 Å². The van der Waals surface area contributed by atoms with Crippen molar-refractivity contribution in [2.24, 2.45) is 0 Å². The van der Waals surface area contributed by atoms with Crippen LogP contribution in [0.3, 0.4) is 0 Å². The van der Waals surface area contributed by atoms with Gasteiger partial charge in [-0.3, -0.25) is 0 Å². The summed E-state index contributed by atoms with van der Waals surface area (Å²) in [5, 5.41) is 3.52. The van der Waals surface area contributed by atoms with Gasteiger partial charge in [-0.1, -0.05) is 23.7 Å². The molecular weight excluding hydrogens is 288 g/mol. The van der Waals surface area contributed by atoms with Gasteiger partial charge in [-0.15, -0.1) is 0 Å². The first-order valence-electron chi connectivity index (χ1n) is 7.08. The van der Waals surface area contributed by atoms with Gasteiger partial charge in [0, 0.05) is 17.6 Å². The summed E-state index contributed by atoms with van der Waals surface area (Å²) in [7, 11) is 4.04. The van der Waals surface area contributed by atoms with Crippen molar-refractivity contribution in [3.05, 3.63) is 34.9 Å². The zero-order valence-corrected chi connectivity index (χ0v) is 14.2. The molecule has 0 bridgehead atoms. The Kier molecular flexibility index (Phi) is 6.49. The molecule has 1 atom stereocenters. The van der Waals surface area contributed by atoms with E-state index in [4.69, 9.17) is 16.3 Å². The molecule has 1 rings (SSSR count). The van der Waals surface area contributed by atoms with E-state index in [1.807, 2.05) is 59.1 Å². The monoisotopic (exact) mass is 312 g/mol. The Morgan fingerprint density at radius 2 is 1.86 bits per heavy atom. The number of hydrogen-bond donors (Lipinski definition) is 1. The van der Waals surface area contributed by atoms with E-state index in [-0.39, 0.29) is 12.1 Å². The topological polar surface area (TPSA) is 41.6 Å². The number of nitrogens with one attached hydrogen (secondary N) is 1. The molecule has 1 N–H and O–H groups in total. The summed E-state index contributed by atoms with van der Waals surface area (Å²) < 4.78 is 5.22. The van der Waals surface area contributed by atoms with E-state index in [1.54, 1.807) is 0 Å². The second-order valence-electron chi connectivity index (χ2n) is 6.25. The Balaban J connectivity index is 2.53. The Morgan fingerprint density at radius 3 is 2.33 bits per heavy atom. The van der Waals surface area contributed by atoms with Gasteiger partial charge in [0.15, 0.2) is 0 Å². The standard InChI is InChI=1S/C16H25ClN2O2/c1-16(2,3)21-15(20)18-11-10-14(19(4)5)12-6-8-13(17)9-7-12/h6-9,14H,10-11H2,1-5H3,(H,18,20). The zero-order chi connectivity index (χ0) is 16.0. The lowest BCUT2D eigenvalue weighted by molar-refractivity contribution is 0.0523. The van der Waals surface area contributed by atoms with Crippen molar-refractivity contribution < 1.29 is 9.53 Å². The Hall–Kier alpha value is -1.26. The lowest BCUT2D eigenvalue weighted by atomic mass is 10.0. The number of benzene rings is 1. The molecule has 0 saturated heterocycles. The van der Waals surface area contributed by atoms with E-state index in [1.165, 1.54) is 5.56 Å². The van der Waals surface area contributed by atoms with E-state index in [0.29, 0.717) is 6.54 Å². The molecule has 1 unspecified atom stereocenters. The smallest absolute Gasteiger partial charge is 0.407 e. The van der Waals surface area contributed by atoms with Crippen molar-refractivity contribution in [3.8, 4) is 0 Å². The molecule has 118 valence electrons. The van der Waals surface area contributed by atoms with Crippen LogP contribution in [0.15, 0.2) is 24.3 Å². The van der Waals surface area contributed by atoms with Gasteiger partial charge in [-0.05, 0) is 59.0 Å². The highest BCUT2D eigenvalue weighted by molar-refractivity contribution is 6.30. The van der Waals surface area contributed by atoms with Gasteiger partial charge in [-0.2, -0.15) is 0 Å². The molecule has 0 radical (unpaired) electrons. The number of rotatable bonds is 5. The molecule has 4 nitrogen and oxygen atoms in total. The number of alkyl carbamates (subject to hydrolysis) is 1. The SMILES string of the molecule is CN(C)C(CCNC(=O)OC(C)(C)C)c1ccc(Cl)cc1. The fourth-order valence-corrected chi connectivity index (χ4v) is 2.16. The van der Waals surface area contributed by atoms with Crippen LogP contribution in [-0.4, -0.2) is 37.2 Å². The van der Waals surface area contributed by atoms with Crippen LogP contribution in [-0.2, 0) is 4.74 Å². The van der Waals surface area contributed by atoms with E-state index in [0.717, 1.165) is 11.4 Å². The number of hydrogen-bond acceptors (Lipinski definition) is 3.